The number of nitrogens with two attached hydrogens (primary N) is 1. The highest BCUT2D eigenvalue weighted by Gasteiger charge is 2.32. The first-order chi connectivity index (χ1) is 9.74. The van der Waals surface area contributed by atoms with Crippen LogP contribution in [0.5, 0.6) is 5.75 Å². The van der Waals surface area contributed by atoms with Gasteiger partial charge in [-0.05, 0) is 24.1 Å². The zero-order valence-electron chi connectivity index (χ0n) is 11.7. The van der Waals surface area contributed by atoms with E-state index in [4.69, 9.17) is 5.73 Å². The summed E-state index contributed by atoms with van der Waals surface area (Å²) in [6.45, 7) is 4.73. The Labute approximate surface area is 120 Å². The van der Waals surface area contributed by atoms with Gasteiger partial charge in [0.2, 0.25) is 0 Å². The van der Waals surface area contributed by atoms with Gasteiger partial charge in [-0.3, -0.25) is 4.68 Å². The summed E-state index contributed by atoms with van der Waals surface area (Å²) in [6, 6.07) is 4.01. The molecule has 0 saturated heterocycles. The van der Waals surface area contributed by atoms with Crippen LogP contribution in [-0.2, 0) is 6.54 Å². The van der Waals surface area contributed by atoms with Crippen LogP contribution in [0.1, 0.15) is 13.8 Å². The average molecular weight is 299 g/mol. The van der Waals surface area contributed by atoms with E-state index in [2.05, 4.69) is 9.84 Å². The van der Waals surface area contributed by atoms with Crippen molar-refractivity contribution in [1.82, 2.24) is 9.78 Å². The van der Waals surface area contributed by atoms with Gasteiger partial charge >= 0.3 is 6.36 Å². The quantitative estimate of drug-likeness (QED) is 0.876. The molecule has 0 unspecified atom stereocenters. The van der Waals surface area contributed by atoms with Gasteiger partial charge in [0.1, 0.15) is 5.75 Å². The summed E-state index contributed by atoms with van der Waals surface area (Å²) in [5.41, 5.74) is 6.81. The van der Waals surface area contributed by atoms with Gasteiger partial charge < -0.3 is 10.5 Å². The number of rotatable bonds is 4. The Morgan fingerprint density at radius 2 is 2.05 bits per heavy atom. The van der Waals surface area contributed by atoms with Gasteiger partial charge in [0.25, 0.3) is 0 Å². The van der Waals surface area contributed by atoms with Crippen molar-refractivity contribution in [3.05, 3.63) is 30.6 Å². The van der Waals surface area contributed by atoms with Crippen molar-refractivity contribution < 1.29 is 17.9 Å². The number of benzene rings is 1. The highest BCUT2D eigenvalue weighted by molar-refractivity contribution is 5.73. The molecule has 0 radical (unpaired) electrons. The Morgan fingerprint density at radius 1 is 1.33 bits per heavy atom. The van der Waals surface area contributed by atoms with Crippen molar-refractivity contribution in [3.63, 3.8) is 0 Å². The Morgan fingerprint density at radius 3 is 2.67 bits per heavy atom. The van der Waals surface area contributed by atoms with E-state index in [1.54, 1.807) is 10.9 Å². The standard InChI is InChI=1S/C14H16F3N3O/c1-9(2)7-20-8-10(6-19-20)12-5-11(18)3-4-13(12)21-14(15,16)17/h3-6,8-9H,7,18H2,1-2H3. The zero-order valence-corrected chi connectivity index (χ0v) is 11.7. The van der Waals surface area contributed by atoms with Gasteiger partial charge in [0.05, 0.1) is 6.20 Å². The molecule has 0 aliphatic heterocycles. The summed E-state index contributed by atoms with van der Waals surface area (Å²) in [7, 11) is 0. The van der Waals surface area contributed by atoms with Crippen LogP contribution in [0.15, 0.2) is 30.6 Å². The molecular weight excluding hydrogens is 283 g/mol. The lowest BCUT2D eigenvalue weighted by molar-refractivity contribution is -0.274. The lowest BCUT2D eigenvalue weighted by atomic mass is 10.1. The fraction of sp³-hybridized carbons (Fsp3) is 0.357. The van der Waals surface area contributed by atoms with Crippen molar-refractivity contribution >= 4 is 5.69 Å². The highest BCUT2D eigenvalue weighted by atomic mass is 19.4. The van der Waals surface area contributed by atoms with E-state index < -0.39 is 6.36 Å². The largest absolute Gasteiger partial charge is 0.573 e. The third kappa shape index (κ3) is 4.14. The Hall–Kier alpha value is -2.18. The second-order valence-electron chi connectivity index (χ2n) is 5.15. The molecule has 1 aromatic heterocycles. The monoisotopic (exact) mass is 299 g/mol. The predicted molar refractivity (Wildman–Crippen MR) is 73.6 cm³/mol. The topological polar surface area (TPSA) is 53.1 Å². The summed E-state index contributed by atoms with van der Waals surface area (Å²) >= 11 is 0. The highest BCUT2D eigenvalue weighted by Crippen LogP contribution is 2.35. The molecule has 114 valence electrons. The molecular formula is C14H16F3N3O. The first-order valence-electron chi connectivity index (χ1n) is 6.42. The normalized spacial score (nSPS) is 11.9. The van der Waals surface area contributed by atoms with E-state index in [0.29, 0.717) is 23.7 Å². The third-order valence-electron chi connectivity index (χ3n) is 2.73. The van der Waals surface area contributed by atoms with Gasteiger partial charge in [-0.2, -0.15) is 5.10 Å². The lowest BCUT2D eigenvalue weighted by Gasteiger charge is -2.13. The van der Waals surface area contributed by atoms with E-state index in [1.807, 2.05) is 13.8 Å². The molecule has 0 spiro atoms. The molecule has 0 saturated carbocycles. The molecule has 21 heavy (non-hydrogen) atoms. The van der Waals surface area contributed by atoms with Crippen LogP contribution >= 0.6 is 0 Å². The van der Waals surface area contributed by atoms with Crippen molar-refractivity contribution in [2.75, 3.05) is 5.73 Å². The van der Waals surface area contributed by atoms with E-state index in [-0.39, 0.29) is 11.3 Å². The van der Waals surface area contributed by atoms with Crippen LogP contribution in [0.4, 0.5) is 18.9 Å². The smallest absolute Gasteiger partial charge is 0.405 e. The van der Waals surface area contributed by atoms with Crippen molar-refractivity contribution in [3.8, 4) is 16.9 Å². The Kier molecular flexibility index (Phi) is 4.11. The van der Waals surface area contributed by atoms with Gasteiger partial charge in [-0.1, -0.05) is 13.8 Å². The first-order valence-corrected chi connectivity index (χ1v) is 6.42. The van der Waals surface area contributed by atoms with E-state index in [1.165, 1.54) is 24.4 Å². The number of aromatic nitrogens is 2. The molecule has 0 amide bonds. The van der Waals surface area contributed by atoms with Crippen LogP contribution < -0.4 is 10.5 Å². The molecule has 2 rings (SSSR count). The molecule has 1 heterocycles. The van der Waals surface area contributed by atoms with Crippen LogP contribution in [0.2, 0.25) is 0 Å². The Balaban J connectivity index is 2.37. The molecule has 7 heteroatoms. The van der Waals surface area contributed by atoms with Crippen LogP contribution in [0.25, 0.3) is 11.1 Å². The summed E-state index contributed by atoms with van der Waals surface area (Å²) in [4.78, 5) is 0. The van der Waals surface area contributed by atoms with Crippen LogP contribution in [0, 0.1) is 5.92 Å². The molecule has 2 aromatic rings. The maximum atomic E-state index is 12.4. The zero-order chi connectivity index (χ0) is 15.6. The van der Waals surface area contributed by atoms with Crippen LogP contribution in [0.3, 0.4) is 0 Å². The number of hydrogen-bond donors (Lipinski definition) is 1. The van der Waals surface area contributed by atoms with Crippen molar-refractivity contribution in [2.24, 2.45) is 5.92 Å². The summed E-state index contributed by atoms with van der Waals surface area (Å²) in [5.74, 6) is 0.0882. The number of nitrogen functional groups attached to an aromatic ring is 1. The fourth-order valence-electron chi connectivity index (χ4n) is 1.96. The second kappa shape index (κ2) is 5.67. The number of alkyl halides is 3. The molecule has 0 atom stereocenters. The molecule has 0 aliphatic carbocycles. The summed E-state index contributed by atoms with van der Waals surface area (Å²) < 4.78 is 43.0. The Bertz CT molecular complexity index is 620. The number of ether oxygens (including phenoxy) is 1. The number of nitrogens with zero attached hydrogens (tertiary/aromatic N) is 2. The van der Waals surface area contributed by atoms with Crippen molar-refractivity contribution in [1.29, 1.82) is 0 Å². The SMILES string of the molecule is CC(C)Cn1cc(-c2cc(N)ccc2OC(F)(F)F)cn1. The van der Waals surface area contributed by atoms with Gasteiger partial charge in [-0.25, -0.2) is 0 Å². The predicted octanol–water partition coefficient (Wildman–Crippen LogP) is 3.69. The summed E-state index contributed by atoms with van der Waals surface area (Å²) in [6.07, 6.45) is -1.57. The first kappa shape index (κ1) is 15.2. The molecule has 0 fully saturated rings. The van der Waals surface area contributed by atoms with Gasteiger partial charge in [0, 0.05) is 29.6 Å². The lowest BCUT2D eigenvalue weighted by Crippen LogP contribution is -2.17. The third-order valence-corrected chi connectivity index (χ3v) is 2.73. The number of halogens is 3. The van der Waals surface area contributed by atoms with Crippen LogP contribution in [-0.4, -0.2) is 16.1 Å². The number of hydrogen-bond acceptors (Lipinski definition) is 3. The number of anilines is 1. The minimum Gasteiger partial charge on any atom is -0.405 e. The molecule has 2 N–H and O–H groups in total. The average Bonchev–Trinajstić information content (AvgIpc) is 2.77. The van der Waals surface area contributed by atoms with Gasteiger partial charge in [0.15, 0.2) is 0 Å². The van der Waals surface area contributed by atoms with Gasteiger partial charge in [-0.15, -0.1) is 13.2 Å². The van der Waals surface area contributed by atoms with Crippen molar-refractivity contribution in [2.45, 2.75) is 26.8 Å². The minimum absolute atomic E-state index is 0.266. The maximum Gasteiger partial charge on any atom is 0.573 e. The molecule has 0 bridgehead atoms. The fourth-order valence-corrected chi connectivity index (χ4v) is 1.96. The van der Waals surface area contributed by atoms with E-state index in [0.717, 1.165) is 0 Å². The maximum absolute atomic E-state index is 12.4. The second-order valence-corrected chi connectivity index (χ2v) is 5.15. The molecule has 4 nitrogen and oxygen atoms in total. The molecule has 1 aromatic carbocycles. The molecule has 0 aliphatic rings. The van der Waals surface area contributed by atoms with E-state index >= 15 is 0 Å². The van der Waals surface area contributed by atoms with E-state index in [9.17, 15) is 13.2 Å². The minimum atomic E-state index is -4.75. The summed E-state index contributed by atoms with van der Waals surface area (Å²) in [5, 5.41) is 4.14.